The third-order valence-electron chi connectivity index (χ3n) is 5.21. The SMILES string of the molecule is O=C(Nc1cccc(Cn2cccnc2=O)c1)NC1CC(c2ccc(F)c(Cl)c2)C1. The van der Waals surface area contributed by atoms with Gasteiger partial charge in [-0.05, 0) is 60.2 Å². The average molecular weight is 427 g/mol. The van der Waals surface area contributed by atoms with Gasteiger partial charge in [0, 0.05) is 24.1 Å². The van der Waals surface area contributed by atoms with Crippen LogP contribution in [0.5, 0.6) is 0 Å². The van der Waals surface area contributed by atoms with Gasteiger partial charge in [-0.1, -0.05) is 29.8 Å². The molecule has 1 aliphatic carbocycles. The number of nitrogens with zero attached hydrogens (tertiary/aromatic N) is 2. The van der Waals surface area contributed by atoms with E-state index < -0.39 is 5.82 Å². The van der Waals surface area contributed by atoms with Gasteiger partial charge in [0.15, 0.2) is 0 Å². The van der Waals surface area contributed by atoms with E-state index in [-0.39, 0.29) is 28.7 Å². The minimum Gasteiger partial charge on any atom is -0.335 e. The molecule has 0 unspecified atom stereocenters. The van der Waals surface area contributed by atoms with Crippen molar-refractivity contribution in [2.45, 2.75) is 31.3 Å². The molecule has 0 atom stereocenters. The number of hydrogen-bond donors (Lipinski definition) is 2. The first-order valence-electron chi connectivity index (χ1n) is 9.61. The molecule has 1 aromatic heterocycles. The van der Waals surface area contributed by atoms with Crippen LogP contribution in [-0.4, -0.2) is 21.6 Å². The van der Waals surface area contributed by atoms with Gasteiger partial charge < -0.3 is 10.6 Å². The summed E-state index contributed by atoms with van der Waals surface area (Å²) in [7, 11) is 0. The molecule has 2 amide bonds. The van der Waals surface area contributed by atoms with E-state index in [0.717, 1.165) is 24.0 Å². The normalized spacial score (nSPS) is 17.8. The predicted molar refractivity (Wildman–Crippen MR) is 113 cm³/mol. The highest BCUT2D eigenvalue weighted by Gasteiger charge is 2.31. The van der Waals surface area contributed by atoms with Crippen molar-refractivity contribution >= 4 is 23.3 Å². The molecule has 1 aliphatic rings. The maximum absolute atomic E-state index is 13.3. The Labute approximate surface area is 177 Å². The van der Waals surface area contributed by atoms with Gasteiger partial charge in [0.25, 0.3) is 0 Å². The third kappa shape index (κ3) is 4.68. The first-order chi connectivity index (χ1) is 14.5. The molecule has 3 aromatic rings. The van der Waals surface area contributed by atoms with Gasteiger partial charge in [0.2, 0.25) is 0 Å². The number of aromatic nitrogens is 2. The maximum Gasteiger partial charge on any atom is 0.347 e. The molecule has 154 valence electrons. The zero-order valence-corrected chi connectivity index (χ0v) is 16.8. The van der Waals surface area contributed by atoms with E-state index in [9.17, 15) is 14.0 Å². The summed E-state index contributed by atoms with van der Waals surface area (Å²) in [4.78, 5) is 27.8. The molecule has 30 heavy (non-hydrogen) atoms. The van der Waals surface area contributed by atoms with Gasteiger partial charge in [-0.25, -0.2) is 19.0 Å². The van der Waals surface area contributed by atoms with E-state index >= 15 is 0 Å². The Morgan fingerprint density at radius 3 is 2.80 bits per heavy atom. The van der Waals surface area contributed by atoms with Crippen LogP contribution in [0, 0.1) is 5.82 Å². The zero-order valence-electron chi connectivity index (χ0n) is 16.0. The summed E-state index contributed by atoms with van der Waals surface area (Å²) in [5.41, 5.74) is 2.18. The third-order valence-corrected chi connectivity index (χ3v) is 5.50. The molecule has 0 aliphatic heterocycles. The summed E-state index contributed by atoms with van der Waals surface area (Å²) >= 11 is 5.85. The smallest absolute Gasteiger partial charge is 0.335 e. The van der Waals surface area contributed by atoms with E-state index in [1.54, 1.807) is 30.5 Å². The second kappa shape index (κ2) is 8.67. The minimum absolute atomic E-state index is 0.0518. The topological polar surface area (TPSA) is 76.0 Å². The van der Waals surface area contributed by atoms with Crippen molar-refractivity contribution < 1.29 is 9.18 Å². The van der Waals surface area contributed by atoms with Crippen LogP contribution in [0.1, 0.15) is 29.9 Å². The predicted octanol–water partition coefficient (Wildman–Crippen LogP) is 4.15. The van der Waals surface area contributed by atoms with Crippen molar-refractivity contribution in [1.29, 1.82) is 0 Å². The molecule has 8 heteroatoms. The molecule has 4 rings (SSSR count). The van der Waals surface area contributed by atoms with Gasteiger partial charge >= 0.3 is 11.7 Å². The lowest BCUT2D eigenvalue weighted by atomic mass is 9.76. The van der Waals surface area contributed by atoms with Crippen molar-refractivity contribution in [3.8, 4) is 0 Å². The molecule has 0 radical (unpaired) electrons. The van der Waals surface area contributed by atoms with Gasteiger partial charge in [-0.3, -0.25) is 4.57 Å². The van der Waals surface area contributed by atoms with Gasteiger partial charge in [-0.15, -0.1) is 0 Å². The monoisotopic (exact) mass is 426 g/mol. The summed E-state index contributed by atoms with van der Waals surface area (Å²) in [6, 6.07) is 13.5. The van der Waals surface area contributed by atoms with Crippen LogP contribution < -0.4 is 16.3 Å². The molecule has 1 saturated carbocycles. The molecule has 0 saturated heterocycles. The van der Waals surface area contributed by atoms with Crippen LogP contribution in [0.2, 0.25) is 5.02 Å². The molecular formula is C22H20ClFN4O2. The van der Waals surface area contributed by atoms with Crippen LogP contribution in [-0.2, 0) is 6.54 Å². The second-order valence-corrected chi connectivity index (χ2v) is 7.78. The Hall–Kier alpha value is -3.19. The molecular weight excluding hydrogens is 407 g/mol. The summed E-state index contributed by atoms with van der Waals surface area (Å²) in [5, 5.41) is 5.90. The highest BCUT2D eigenvalue weighted by Crippen LogP contribution is 2.38. The number of urea groups is 1. The number of amides is 2. The summed E-state index contributed by atoms with van der Waals surface area (Å²) in [6.45, 7) is 0.369. The maximum atomic E-state index is 13.3. The van der Waals surface area contributed by atoms with Crippen LogP contribution >= 0.6 is 11.6 Å². The first kappa shape index (κ1) is 20.1. The largest absolute Gasteiger partial charge is 0.347 e. The fraction of sp³-hybridized carbons (Fsp3) is 0.227. The summed E-state index contributed by atoms with van der Waals surface area (Å²) in [5.74, 6) is -0.168. The van der Waals surface area contributed by atoms with E-state index in [4.69, 9.17) is 11.6 Å². The Morgan fingerprint density at radius 1 is 1.20 bits per heavy atom. The van der Waals surface area contributed by atoms with Crippen LogP contribution in [0.4, 0.5) is 14.9 Å². The van der Waals surface area contributed by atoms with Crippen molar-refractivity contribution in [3.63, 3.8) is 0 Å². The average Bonchev–Trinajstić information content (AvgIpc) is 2.69. The Morgan fingerprint density at radius 2 is 2.03 bits per heavy atom. The first-order valence-corrected chi connectivity index (χ1v) is 9.98. The lowest BCUT2D eigenvalue weighted by molar-refractivity contribution is 0.233. The molecule has 0 spiro atoms. The molecule has 1 fully saturated rings. The number of benzene rings is 2. The lowest BCUT2D eigenvalue weighted by Gasteiger charge is -2.36. The second-order valence-electron chi connectivity index (χ2n) is 7.37. The van der Waals surface area contributed by atoms with Gasteiger partial charge in [0.1, 0.15) is 5.82 Å². The lowest BCUT2D eigenvalue weighted by Crippen LogP contribution is -2.45. The zero-order chi connectivity index (χ0) is 21.1. The van der Waals surface area contributed by atoms with E-state index in [2.05, 4.69) is 15.6 Å². The molecule has 2 aromatic carbocycles. The molecule has 6 nitrogen and oxygen atoms in total. The van der Waals surface area contributed by atoms with Crippen molar-refractivity contribution in [2.75, 3.05) is 5.32 Å². The number of anilines is 1. The fourth-order valence-electron chi connectivity index (χ4n) is 3.58. The molecule has 0 bridgehead atoms. The Bertz CT molecular complexity index is 1130. The highest BCUT2D eigenvalue weighted by atomic mass is 35.5. The quantitative estimate of drug-likeness (QED) is 0.643. The number of rotatable bonds is 5. The number of carbonyl (C=O) groups excluding carboxylic acids is 1. The number of carbonyl (C=O) groups is 1. The minimum atomic E-state index is -0.426. The van der Waals surface area contributed by atoms with Gasteiger partial charge in [0.05, 0.1) is 11.6 Å². The van der Waals surface area contributed by atoms with Crippen molar-refractivity contribution in [3.05, 3.63) is 93.4 Å². The Balaban J connectivity index is 1.30. The Kier molecular flexibility index (Phi) is 5.81. The van der Waals surface area contributed by atoms with E-state index in [1.807, 2.05) is 18.2 Å². The number of halogens is 2. The van der Waals surface area contributed by atoms with E-state index in [0.29, 0.717) is 12.2 Å². The standard InChI is InChI=1S/C22H20ClFN4O2/c23-19-12-15(5-6-20(19)24)16-10-18(11-16)27-21(29)26-17-4-1-3-14(9-17)13-28-8-2-7-25-22(28)30/h1-9,12,16,18H,10-11,13H2,(H2,26,27,29). The van der Waals surface area contributed by atoms with Crippen LogP contribution in [0.15, 0.2) is 65.7 Å². The van der Waals surface area contributed by atoms with Crippen molar-refractivity contribution in [2.24, 2.45) is 0 Å². The highest BCUT2D eigenvalue weighted by molar-refractivity contribution is 6.30. The fourth-order valence-corrected chi connectivity index (χ4v) is 3.77. The van der Waals surface area contributed by atoms with Gasteiger partial charge in [-0.2, -0.15) is 0 Å². The molecule has 2 N–H and O–H groups in total. The van der Waals surface area contributed by atoms with E-state index in [1.165, 1.54) is 16.8 Å². The van der Waals surface area contributed by atoms with Crippen molar-refractivity contribution in [1.82, 2.24) is 14.9 Å². The van der Waals surface area contributed by atoms with Crippen LogP contribution in [0.3, 0.4) is 0 Å². The molecule has 1 heterocycles. The summed E-state index contributed by atoms with van der Waals surface area (Å²) in [6.07, 6.45) is 4.68. The van der Waals surface area contributed by atoms with Crippen LogP contribution in [0.25, 0.3) is 0 Å². The number of hydrogen-bond acceptors (Lipinski definition) is 3. The summed E-state index contributed by atoms with van der Waals surface area (Å²) < 4.78 is 14.8. The number of nitrogens with one attached hydrogen (secondary N) is 2.